The largest absolute Gasteiger partial charge is 0.496 e. The van der Waals surface area contributed by atoms with E-state index in [4.69, 9.17) is 24.3 Å². The Bertz CT molecular complexity index is 2260. The van der Waals surface area contributed by atoms with Crippen molar-refractivity contribution < 1.29 is 14.2 Å². The van der Waals surface area contributed by atoms with Crippen molar-refractivity contribution >= 4 is 21.8 Å². The number of nitrogens with zero attached hydrogens (tertiary/aromatic N) is 4. The third-order valence-electron chi connectivity index (χ3n) is 8.79. The zero-order chi connectivity index (χ0) is 33.5. The van der Waals surface area contributed by atoms with Crippen LogP contribution in [0.5, 0.6) is 23.0 Å². The standard InChI is InChI=1S/C41H40N4O3/c1-25(2)40-39(38-35(46-6)16-11-17-36(38)47-7)41(26(3)4)45(43-40)28-12-10-13-29(23-28)48-30-18-19-32-31-14-8-9-15-33(31)44(34(32)24-30)37-22-27(5)20-21-42-37/h8-26H,1-7H3. The van der Waals surface area contributed by atoms with E-state index in [1.807, 2.05) is 54.7 Å². The second-order valence-corrected chi connectivity index (χ2v) is 12.7. The molecule has 48 heavy (non-hydrogen) atoms. The van der Waals surface area contributed by atoms with Gasteiger partial charge in [-0.3, -0.25) is 4.57 Å². The van der Waals surface area contributed by atoms with Gasteiger partial charge in [-0.05, 0) is 78.9 Å². The first-order valence-corrected chi connectivity index (χ1v) is 16.4. The van der Waals surface area contributed by atoms with Crippen LogP contribution in [0.25, 0.3) is 44.4 Å². The Morgan fingerprint density at radius 2 is 1.35 bits per heavy atom. The number of benzene rings is 4. The van der Waals surface area contributed by atoms with Gasteiger partial charge in [0, 0.05) is 34.7 Å². The van der Waals surface area contributed by atoms with E-state index in [2.05, 4.69) is 92.4 Å². The van der Waals surface area contributed by atoms with E-state index in [0.717, 1.165) is 79.0 Å². The van der Waals surface area contributed by atoms with Crippen molar-refractivity contribution in [3.8, 4) is 45.6 Å². The first-order chi connectivity index (χ1) is 23.3. The van der Waals surface area contributed by atoms with Gasteiger partial charge in [0.2, 0.25) is 0 Å². The molecule has 7 aromatic rings. The Morgan fingerprint density at radius 3 is 2.06 bits per heavy atom. The fraction of sp³-hybridized carbons (Fsp3) is 0.220. The second-order valence-electron chi connectivity index (χ2n) is 12.7. The van der Waals surface area contributed by atoms with Crippen LogP contribution in [0.3, 0.4) is 0 Å². The maximum atomic E-state index is 6.59. The molecule has 0 amide bonds. The fourth-order valence-corrected chi connectivity index (χ4v) is 6.65. The number of pyridine rings is 1. The van der Waals surface area contributed by atoms with Crippen molar-refractivity contribution in [1.82, 2.24) is 19.3 Å². The highest BCUT2D eigenvalue weighted by molar-refractivity contribution is 6.09. The maximum absolute atomic E-state index is 6.59. The summed E-state index contributed by atoms with van der Waals surface area (Å²) in [7, 11) is 3.39. The van der Waals surface area contributed by atoms with Gasteiger partial charge in [-0.2, -0.15) is 5.10 Å². The number of ether oxygens (including phenoxy) is 3. The first-order valence-electron chi connectivity index (χ1n) is 16.4. The number of rotatable bonds is 9. The van der Waals surface area contributed by atoms with Gasteiger partial charge in [-0.25, -0.2) is 9.67 Å². The van der Waals surface area contributed by atoms with Gasteiger partial charge in [0.05, 0.1) is 47.9 Å². The fourth-order valence-electron chi connectivity index (χ4n) is 6.65. The lowest BCUT2D eigenvalue weighted by atomic mass is 9.92. The average molecular weight is 637 g/mol. The van der Waals surface area contributed by atoms with E-state index in [-0.39, 0.29) is 11.8 Å². The number of aromatic nitrogens is 4. The number of para-hydroxylation sites is 1. The summed E-state index contributed by atoms with van der Waals surface area (Å²) in [4.78, 5) is 4.73. The summed E-state index contributed by atoms with van der Waals surface area (Å²) in [6, 6.07) is 32.9. The van der Waals surface area contributed by atoms with Crippen molar-refractivity contribution in [1.29, 1.82) is 0 Å². The Hall–Kier alpha value is -5.56. The van der Waals surface area contributed by atoms with Crippen molar-refractivity contribution in [2.24, 2.45) is 0 Å². The lowest BCUT2D eigenvalue weighted by molar-refractivity contribution is 0.397. The van der Waals surface area contributed by atoms with E-state index < -0.39 is 0 Å². The minimum absolute atomic E-state index is 0.152. The molecule has 0 atom stereocenters. The van der Waals surface area contributed by atoms with Crippen LogP contribution in [0.4, 0.5) is 0 Å². The van der Waals surface area contributed by atoms with Crippen LogP contribution in [0.2, 0.25) is 0 Å². The lowest BCUT2D eigenvalue weighted by Crippen LogP contribution is -2.05. The summed E-state index contributed by atoms with van der Waals surface area (Å²) in [5, 5.41) is 7.55. The van der Waals surface area contributed by atoms with Gasteiger partial charge >= 0.3 is 0 Å². The molecular weight excluding hydrogens is 596 g/mol. The molecule has 4 aromatic carbocycles. The molecule has 0 bridgehead atoms. The van der Waals surface area contributed by atoms with Gasteiger partial charge in [-0.15, -0.1) is 0 Å². The molecule has 0 radical (unpaired) electrons. The van der Waals surface area contributed by atoms with E-state index >= 15 is 0 Å². The molecule has 0 aliphatic carbocycles. The Morgan fingerprint density at radius 1 is 0.646 bits per heavy atom. The molecule has 0 unspecified atom stereocenters. The predicted octanol–water partition coefficient (Wildman–Crippen LogP) is 10.4. The molecular formula is C41H40N4O3. The van der Waals surface area contributed by atoms with Gasteiger partial charge in [0.25, 0.3) is 0 Å². The molecule has 7 rings (SSSR count). The summed E-state index contributed by atoms with van der Waals surface area (Å²) >= 11 is 0. The van der Waals surface area contributed by atoms with Crippen LogP contribution in [-0.2, 0) is 0 Å². The van der Waals surface area contributed by atoms with Crippen LogP contribution >= 0.6 is 0 Å². The predicted molar refractivity (Wildman–Crippen MR) is 194 cm³/mol. The molecule has 242 valence electrons. The minimum Gasteiger partial charge on any atom is -0.496 e. The monoisotopic (exact) mass is 636 g/mol. The topological polar surface area (TPSA) is 63.3 Å². The van der Waals surface area contributed by atoms with Crippen molar-refractivity contribution in [3.05, 3.63) is 120 Å². The summed E-state index contributed by atoms with van der Waals surface area (Å²) in [5.41, 5.74) is 8.23. The first kappa shape index (κ1) is 31.1. The SMILES string of the molecule is COc1cccc(OC)c1-c1c(C(C)C)nn(-c2cccc(Oc3ccc4c5ccccc5n(-c5cc(C)ccn5)c4c3)c2)c1C(C)C. The van der Waals surface area contributed by atoms with Crippen LogP contribution < -0.4 is 14.2 Å². The van der Waals surface area contributed by atoms with E-state index in [9.17, 15) is 0 Å². The average Bonchev–Trinajstić information content (AvgIpc) is 3.65. The Labute approximate surface area is 281 Å². The molecule has 0 aliphatic rings. The van der Waals surface area contributed by atoms with Crippen LogP contribution in [-0.4, -0.2) is 33.6 Å². The summed E-state index contributed by atoms with van der Waals surface area (Å²) in [6.45, 7) is 10.8. The van der Waals surface area contributed by atoms with Gasteiger partial charge < -0.3 is 14.2 Å². The van der Waals surface area contributed by atoms with Gasteiger partial charge in [0.15, 0.2) is 0 Å². The Kier molecular flexibility index (Phi) is 8.13. The summed E-state index contributed by atoms with van der Waals surface area (Å²) in [6.07, 6.45) is 1.86. The van der Waals surface area contributed by atoms with Gasteiger partial charge in [0.1, 0.15) is 28.8 Å². The lowest BCUT2D eigenvalue weighted by Gasteiger charge is -2.18. The molecule has 0 saturated heterocycles. The van der Waals surface area contributed by atoms with E-state index in [1.165, 1.54) is 5.39 Å². The number of aryl methyl sites for hydroxylation is 1. The van der Waals surface area contributed by atoms with Crippen LogP contribution in [0, 0.1) is 6.92 Å². The van der Waals surface area contributed by atoms with Crippen molar-refractivity contribution in [2.45, 2.75) is 46.5 Å². The molecule has 7 nitrogen and oxygen atoms in total. The van der Waals surface area contributed by atoms with Crippen molar-refractivity contribution in [3.63, 3.8) is 0 Å². The quantitative estimate of drug-likeness (QED) is 0.158. The molecule has 0 saturated carbocycles. The molecule has 3 aromatic heterocycles. The second kappa shape index (κ2) is 12.6. The highest BCUT2D eigenvalue weighted by Gasteiger charge is 2.28. The van der Waals surface area contributed by atoms with Crippen LogP contribution in [0.1, 0.15) is 56.5 Å². The molecule has 0 fully saturated rings. The molecule has 3 heterocycles. The number of hydrogen-bond donors (Lipinski definition) is 0. The molecule has 0 N–H and O–H groups in total. The van der Waals surface area contributed by atoms with Gasteiger partial charge in [-0.1, -0.05) is 58.0 Å². The number of fused-ring (bicyclic) bond motifs is 3. The third kappa shape index (κ3) is 5.35. The molecule has 0 spiro atoms. The van der Waals surface area contributed by atoms with Crippen molar-refractivity contribution in [2.75, 3.05) is 14.2 Å². The highest BCUT2D eigenvalue weighted by atomic mass is 16.5. The van der Waals surface area contributed by atoms with E-state index in [1.54, 1.807) is 14.2 Å². The summed E-state index contributed by atoms with van der Waals surface area (Å²) < 4.78 is 22.6. The smallest absolute Gasteiger partial charge is 0.137 e. The third-order valence-corrected chi connectivity index (χ3v) is 8.79. The van der Waals surface area contributed by atoms with Crippen LogP contribution in [0.15, 0.2) is 103 Å². The minimum atomic E-state index is 0.152. The summed E-state index contributed by atoms with van der Waals surface area (Å²) in [5.74, 6) is 4.16. The van der Waals surface area contributed by atoms with E-state index in [0.29, 0.717) is 0 Å². The number of methoxy groups -OCH3 is 2. The highest BCUT2D eigenvalue weighted by Crippen LogP contribution is 2.46. The Balaban J connectivity index is 1.34. The normalized spacial score (nSPS) is 11.6. The zero-order valence-corrected chi connectivity index (χ0v) is 28.5. The maximum Gasteiger partial charge on any atom is 0.137 e. The molecule has 7 heteroatoms. The molecule has 0 aliphatic heterocycles. The zero-order valence-electron chi connectivity index (χ0n) is 28.5. The number of hydrogen-bond acceptors (Lipinski definition) is 5.